The molecule has 0 aliphatic carbocycles. The van der Waals surface area contributed by atoms with Crippen molar-refractivity contribution in [1.29, 1.82) is 0 Å². The van der Waals surface area contributed by atoms with E-state index in [-0.39, 0.29) is 6.10 Å². The van der Waals surface area contributed by atoms with E-state index < -0.39 is 0 Å². The fraction of sp³-hybridized carbons (Fsp3) is 0.333. The van der Waals surface area contributed by atoms with Crippen molar-refractivity contribution < 1.29 is 5.11 Å². The van der Waals surface area contributed by atoms with Crippen LogP contribution in [0, 0.1) is 0 Å². The Hall–Kier alpha value is -0.0500. The number of hydrogen-bond donors (Lipinski definition) is 1. The molecule has 1 nitrogen and oxygen atoms in total. The summed E-state index contributed by atoms with van der Waals surface area (Å²) in [6.45, 7) is 1.76. The van der Waals surface area contributed by atoms with E-state index in [1.54, 1.807) is 6.92 Å². The minimum atomic E-state index is -0.334. The lowest BCUT2D eigenvalue weighted by molar-refractivity contribution is 0.195. The Kier molecular flexibility index (Phi) is 3.56. The van der Waals surface area contributed by atoms with Gasteiger partial charge in [0.25, 0.3) is 0 Å². The lowest BCUT2D eigenvalue weighted by Crippen LogP contribution is -2.04. The molecule has 12 heavy (non-hydrogen) atoms. The molecule has 0 fully saturated rings. The van der Waals surface area contributed by atoms with Crippen LogP contribution in [0.2, 0.25) is 5.02 Å². The summed E-state index contributed by atoms with van der Waals surface area (Å²) in [4.78, 5) is 0. The molecule has 0 amide bonds. The zero-order valence-corrected chi connectivity index (χ0v) is 9.06. The normalized spacial score (nSPS) is 13.0. The molecule has 0 bridgehead atoms. The first-order valence-corrected chi connectivity index (χ1v) is 4.89. The van der Waals surface area contributed by atoms with Gasteiger partial charge in [-0.2, -0.15) is 0 Å². The smallest absolute Gasteiger partial charge is 0.0552 e. The molecular weight excluding hydrogens is 239 g/mol. The fourth-order valence-corrected chi connectivity index (χ4v) is 1.64. The summed E-state index contributed by atoms with van der Waals surface area (Å²) < 4.78 is 0.882. The quantitative estimate of drug-likeness (QED) is 0.854. The van der Waals surface area contributed by atoms with Gasteiger partial charge in [-0.15, -0.1) is 0 Å². The summed E-state index contributed by atoms with van der Waals surface area (Å²) in [7, 11) is 0. The van der Waals surface area contributed by atoms with Crippen LogP contribution in [0.3, 0.4) is 0 Å². The van der Waals surface area contributed by atoms with Crippen molar-refractivity contribution in [3.8, 4) is 0 Å². The van der Waals surface area contributed by atoms with Gasteiger partial charge in [0.15, 0.2) is 0 Å². The Balaban J connectivity index is 2.92. The summed E-state index contributed by atoms with van der Waals surface area (Å²) in [5.41, 5.74) is 1.04. The number of halogens is 2. The number of hydrogen-bond acceptors (Lipinski definition) is 1. The van der Waals surface area contributed by atoms with Crippen molar-refractivity contribution in [2.24, 2.45) is 0 Å². The first-order chi connectivity index (χ1) is 5.61. The molecule has 0 saturated heterocycles. The van der Waals surface area contributed by atoms with Gasteiger partial charge in [-0.25, -0.2) is 0 Å². The average molecular weight is 250 g/mol. The molecule has 0 saturated carbocycles. The second-order valence-corrected chi connectivity index (χ2v) is 3.97. The van der Waals surface area contributed by atoms with Crippen LogP contribution in [0.5, 0.6) is 0 Å². The Morgan fingerprint density at radius 2 is 2.25 bits per heavy atom. The summed E-state index contributed by atoms with van der Waals surface area (Å²) in [6, 6.07) is 5.64. The standard InChI is InChI=1S/C9H10BrClO/c1-6(12)5-7-3-2-4-8(11)9(7)10/h2-4,6,12H,5H2,1H3. The molecule has 1 N–H and O–H groups in total. The van der Waals surface area contributed by atoms with Gasteiger partial charge < -0.3 is 5.11 Å². The van der Waals surface area contributed by atoms with Crippen LogP contribution < -0.4 is 0 Å². The van der Waals surface area contributed by atoms with E-state index in [0.717, 1.165) is 10.0 Å². The molecule has 0 spiro atoms. The van der Waals surface area contributed by atoms with Crippen molar-refractivity contribution in [3.05, 3.63) is 33.3 Å². The predicted octanol–water partition coefficient (Wildman–Crippen LogP) is 3.03. The van der Waals surface area contributed by atoms with Crippen molar-refractivity contribution in [3.63, 3.8) is 0 Å². The zero-order valence-electron chi connectivity index (χ0n) is 6.72. The highest BCUT2D eigenvalue weighted by molar-refractivity contribution is 9.10. The largest absolute Gasteiger partial charge is 0.393 e. The minimum Gasteiger partial charge on any atom is -0.393 e. The predicted molar refractivity (Wildman–Crippen MR) is 54.5 cm³/mol. The summed E-state index contributed by atoms with van der Waals surface area (Å²) in [5.74, 6) is 0. The third-order valence-corrected chi connectivity index (χ3v) is 3.03. The number of benzene rings is 1. The lowest BCUT2D eigenvalue weighted by Gasteiger charge is -2.07. The van der Waals surface area contributed by atoms with Gasteiger partial charge in [-0.05, 0) is 40.9 Å². The van der Waals surface area contributed by atoms with E-state index in [1.165, 1.54) is 0 Å². The van der Waals surface area contributed by atoms with Gasteiger partial charge in [0, 0.05) is 4.47 Å². The molecule has 1 aromatic rings. The van der Waals surface area contributed by atoms with Gasteiger partial charge in [-0.1, -0.05) is 23.7 Å². The average Bonchev–Trinajstić information content (AvgIpc) is 1.98. The monoisotopic (exact) mass is 248 g/mol. The molecule has 1 unspecified atom stereocenters. The SMILES string of the molecule is CC(O)Cc1cccc(Cl)c1Br. The van der Waals surface area contributed by atoms with Gasteiger partial charge in [-0.3, -0.25) is 0 Å². The molecule has 66 valence electrons. The van der Waals surface area contributed by atoms with Crippen molar-refractivity contribution in [2.75, 3.05) is 0 Å². The van der Waals surface area contributed by atoms with Crippen LogP contribution >= 0.6 is 27.5 Å². The third kappa shape index (κ3) is 2.47. The summed E-state index contributed by atoms with van der Waals surface area (Å²) in [6.07, 6.45) is 0.293. The molecule has 0 aromatic heterocycles. The van der Waals surface area contributed by atoms with Crippen LogP contribution in [-0.4, -0.2) is 11.2 Å². The number of aliphatic hydroxyl groups excluding tert-OH is 1. The summed E-state index contributed by atoms with van der Waals surface area (Å²) in [5, 5.41) is 9.85. The van der Waals surface area contributed by atoms with Gasteiger partial charge in [0.1, 0.15) is 0 Å². The van der Waals surface area contributed by atoms with E-state index in [2.05, 4.69) is 15.9 Å². The van der Waals surface area contributed by atoms with Crippen LogP contribution in [0.4, 0.5) is 0 Å². The Bertz CT molecular complexity index is 273. The first kappa shape index (κ1) is 10.0. The van der Waals surface area contributed by atoms with Crippen LogP contribution in [0.1, 0.15) is 12.5 Å². The topological polar surface area (TPSA) is 20.2 Å². The lowest BCUT2D eigenvalue weighted by atomic mass is 10.1. The van der Waals surface area contributed by atoms with Crippen LogP contribution in [0.25, 0.3) is 0 Å². The highest BCUT2D eigenvalue weighted by Gasteiger charge is 2.05. The maximum Gasteiger partial charge on any atom is 0.0552 e. The van der Waals surface area contributed by atoms with Crippen molar-refractivity contribution in [2.45, 2.75) is 19.4 Å². The first-order valence-electron chi connectivity index (χ1n) is 3.72. The maximum atomic E-state index is 9.16. The second-order valence-electron chi connectivity index (χ2n) is 2.77. The maximum absolute atomic E-state index is 9.16. The zero-order chi connectivity index (χ0) is 9.14. The van der Waals surface area contributed by atoms with E-state index >= 15 is 0 Å². The van der Waals surface area contributed by atoms with Gasteiger partial charge >= 0.3 is 0 Å². The molecule has 1 atom stereocenters. The van der Waals surface area contributed by atoms with Gasteiger partial charge in [0.05, 0.1) is 11.1 Å². The Labute approximate surface area is 85.5 Å². The molecular formula is C9H10BrClO. The van der Waals surface area contributed by atoms with E-state index in [4.69, 9.17) is 16.7 Å². The van der Waals surface area contributed by atoms with E-state index in [1.807, 2.05) is 18.2 Å². The fourth-order valence-electron chi connectivity index (χ4n) is 1.02. The van der Waals surface area contributed by atoms with Gasteiger partial charge in [0.2, 0.25) is 0 Å². The highest BCUT2D eigenvalue weighted by Crippen LogP contribution is 2.26. The minimum absolute atomic E-state index is 0.334. The highest BCUT2D eigenvalue weighted by atomic mass is 79.9. The van der Waals surface area contributed by atoms with Crippen molar-refractivity contribution >= 4 is 27.5 Å². The second kappa shape index (κ2) is 4.26. The van der Waals surface area contributed by atoms with Crippen molar-refractivity contribution in [1.82, 2.24) is 0 Å². The number of aliphatic hydroxyl groups is 1. The third-order valence-electron chi connectivity index (χ3n) is 1.55. The molecule has 3 heteroatoms. The molecule has 1 rings (SSSR count). The molecule has 0 aliphatic rings. The molecule has 1 aromatic carbocycles. The van der Waals surface area contributed by atoms with Crippen LogP contribution in [0.15, 0.2) is 22.7 Å². The molecule has 0 aliphatic heterocycles. The molecule has 0 heterocycles. The van der Waals surface area contributed by atoms with Crippen LogP contribution in [-0.2, 0) is 6.42 Å². The molecule has 0 radical (unpaired) electrons. The Morgan fingerprint density at radius 1 is 1.58 bits per heavy atom. The van der Waals surface area contributed by atoms with E-state index in [0.29, 0.717) is 11.4 Å². The van der Waals surface area contributed by atoms with E-state index in [9.17, 15) is 0 Å². The number of rotatable bonds is 2. The Morgan fingerprint density at radius 3 is 2.83 bits per heavy atom. The summed E-state index contributed by atoms with van der Waals surface area (Å²) >= 11 is 9.23.